The zero-order valence-corrected chi connectivity index (χ0v) is 20.0. The molecule has 170 valence electrons. The standard InChI is InChI=1S/C29H48O/c1-3-5-7-8-10-24-11-13-25(14-12-24)26-15-17-27(18-16-26)28-19-21-29(22-20-28)30-23-9-6-4-2/h19-22,24-27H,3-18,23H2,1-2H3. The molecule has 0 atom stereocenters. The molecular formula is C29H48O. The minimum Gasteiger partial charge on any atom is -0.494 e. The van der Waals surface area contributed by atoms with Crippen molar-refractivity contribution in [2.75, 3.05) is 6.61 Å². The first-order valence-corrected chi connectivity index (χ1v) is 13.5. The highest BCUT2D eigenvalue weighted by atomic mass is 16.5. The Bertz CT molecular complexity index is 546. The van der Waals surface area contributed by atoms with Crippen molar-refractivity contribution in [2.45, 2.75) is 122 Å². The normalized spacial score (nSPS) is 27.1. The number of unbranched alkanes of at least 4 members (excludes halogenated alkanes) is 5. The lowest BCUT2D eigenvalue weighted by Gasteiger charge is -2.38. The summed E-state index contributed by atoms with van der Waals surface area (Å²) in [5.74, 6) is 4.94. The van der Waals surface area contributed by atoms with E-state index in [1.807, 2.05) is 0 Å². The van der Waals surface area contributed by atoms with Gasteiger partial charge in [0.2, 0.25) is 0 Å². The second-order valence-electron chi connectivity index (χ2n) is 10.4. The lowest BCUT2D eigenvalue weighted by Crippen LogP contribution is -2.25. The maximum Gasteiger partial charge on any atom is 0.119 e. The van der Waals surface area contributed by atoms with Crippen LogP contribution in [0.15, 0.2) is 24.3 Å². The van der Waals surface area contributed by atoms with E-state index in [2.05, 4.69) is 38.1 Å². The van der Waals surface area contributed by atoms with Crippen LogP contribution >= 0.6 is 0 Å². The van der Waals surface area contributed by atoms with E-state index in [0.29, 0.717) is 0 Å². The first-order chi connectivity index (χ1) is 14.8. The molecule has 0 aliphatic heterocycles. The van der Waals surface area contributed by atoms with Crippen LogP contribution in [0.1, 0.15) is 128 Å². The highest BCUT2D eigenvalue weighted by molar-refractivity contribution is 5.29. The van der Waals surface area contributed by atoms with E-state index in [4.69, 9.17) is 4.74 Å². The highest BCUT2D eigenvalue weighted by Gasteiger charge is 2.31. The Morgan fingerprint density at radius 3 is 1.90 bits per heavy atom. The van der Waals surface area contributed by atoms with Gasteiger partial charge in [-0.2, -0.15) is 0 Å². The molecule has 0 amide bonds. The summed E-state index contributed by atoms with van der Waals surface area (Å²) in [7, 11) is 0. The number of ether oxygens (including phenoxy) is 1. The van der Waals surface area contributed by atoms with Crippen LogP contribution in [-0.4, -0.2) is 6.61 Å². The van der Waals surface area contributed by atoms with Crippen molar-refractivity contribution < 1.29 is 4.74 Å². The summed E-state index contributed by atoms with van der Waals surface area (Å²) in [5, 5.41) is 0. The average Bonchev–Trinajstić information content (AvgIpc) is 2.81. The zero-order valence-electron chi connectivity index (χ0n) is 20.0. The smallest absolute Gasteiger partial charge is 0.119 e. The van der Waals surface area contributed by atoms with E-state index in [1.54, 1.807) is 5.56 Å². The lowest BCUT2D eigenvalue weighted by atomic mass is 9.68. The van der Waals surface area contributed by atoms with Gasteiger partial charge in [-0.15, -0.1) is 0 Å². The van der Waals surface area contributed by atoms with Gasteiger partial charge in [-0.05, 0) is 86.3 Å². The molecule has 0 bridgehead atoms. The van der Waals surface area contributed by atoms with Gasteiger partial charge in [0, 0.05) is 0 Å². The van der Waals surface area contributed by atoms with Crippen LogP contribution in [0.2, 0.25) is 0 Å². The minimum absolute atomic E-state index is 0.783. The molecule has 2 aliphatic carbocycles. The molecule has 0 unspecified atom stereocenters. The van der Waals surface area contributed by atoms with Crippen LogP contribution in [0.25, 0.3) is 0 Å². The van der Waals surface area contributed by atoms with Gasteiger partial charge in [0.15, 0.2) is 0 Å². The summed E-state index contributed by atoms with van der Waals surface area (Å²) >= 11 is 0. The number of rotatable bonds is 12. The molecule has 0 saturated heterocycles. The van der Waals surface area contributed by atoms with Crippen LogP contribution < -0.4 is 4.74 Å². The summed E-state index contributed by atoms with van der Waals surface area (Å²) in [6, 6.07) is 9.08. The maximum absolute atomic E-state index is 5.89. The number of hydrogen-bond donors (Lipinski definition) is 0. The van der Waals surface area contributed by atoms with Crippen LogP contribution in [0.3, 0.4) is 0 Å². The van der Waals surface area contributed by atoms with Crippen molar-refractivity contribution in [1.29, 1.82) is 0 Å². The van der Waals surface area contributed by atoms with E-state index in [0.717, 1.165) is 36.0 Å². The molecule has 0 spiro atoms. The summed E-state index contributed by atoms with van der Waals surface area (Å²) in [4.78, 5) is 0. The SMILES string of the molecule is CCCCCCC1CCC(C2CCC(c3ccc(OCCCCC)cc3)CC2)CC1. The predicted octanol–water partition coefficient (Wildman–Crippen LogP) is 9.31. The van der Waals surface area contributed by atoms with Crippen molar-refractivity contribution in [3.05, 3.63) is 29.8 Å². The monoisotopic (exact) mass is 412 g/mol. The van der Waals surface area contributed by atoms with Crippen LogP contribution in [0.4, 0.5) is 0 Å². The highest BCUT2D eigenvalue weighted by Crippen LogP contribution is 2.44. The molecule has 1 aromatic carbocycles. The molecule has 2 fully saturated rings. The molecule has 30 heavy (non-hydrogen) atoms. The topological polar surface area (TPSA) is 9.23 Å². The maximum atomic E-state index is 5.89. The van der Waals surface area contributed by atoms with Gasteiger partial charge in [-0.3, -0.25) is 0 Å². The Labute approximate surface area is 187 Å². The van der Waals surface area contributed by atoms with Crippen LogP contribution in [-0.2, 0) is 0 Å². The summed E-state index contributed by atoms with van der Waals surface area (Å²) in [5.41, 5.74) is 1.55. The molecule has 2 aliphatic rings. The Kier molecular flexibility index (Phi) is 10.6. The fourth-order valence-electron chi connectivity index (χ4n) is 6.11. The third-order valence-corrected chi connectivity index (χ3v) is 8.16. The van der Waals surface area contributed by atoms with Gasteiger partial charge < -0.3 is 4.74 Å². The van der Waals surface area contributed by atoms with Crippen molar-refractivity contribution in [2.24, 2.45) is 17.8 Å². The quantitative estimate of drug-likeness (QED) is 0.311. The third kappa shape index (κ3) is 7.61. The van der Waals surface area contributed by atoms with E-state index in [-0.39, 0.29) is 0 Å². The summed E-state index contributed by atoms with van der Waals surface area (Å²) in [6.45, 7) is 5.42. The van der Waals surface area contributed by atoms with Crippen LogP contribution in [0, 0.1) is 17.8 Å². The van der Waals surface area contributed by atoms with Crippen molar-refractivity contribution in [3.63, 3.8) is 0 Å². The Balaban J connectivity index is 1.34. The average molecular weight is 413 g/mol. The molecule has 1 heteroatoms. The van der Waals surface area contributed by atoms with Crippen LogP contribution in [0.5, 0.6) is 5.75 Å². The molecular weight excluding hydrogens is 364 g/mol. The van der Waals surface area contributed by atoms with Crippen molar-refractivity contribution in [3.8, 4) is 5.75 Å². The Morgan fingerprint density at radius 2 is 1.27 bits per heavy atom. The Hall–Kier alpha value is -0.980. The summed E-state index contributed by atoms with van der Waals surface area (Å²) in [6.07, 6.45) is 22.8. The van der Waals surface area contributed by atoms with E-state index in [1.165, 1.54) is 103 Å². The first-order valence-electron chi connectivity index (χ1n) is 13.5. The largest absolute Gasteiger partial charge is 0.494 e. The van der Waals surface area contributed by atoms with Gasteiger partial charge in [0.1, 0.15) is 5.75 Å². The van der Waals surface area contributed by atoms with Crippen molar-refractivity contribution >= 4 is 0 Å². The molecule has 1 aromatic rings. The van der Waals surface area contributed by atoms with Gasteiger partial charge in [-0.25, -0.2) is 0 Å². The van der Waals surface area contributed by atoms with Crippen molar-refractivity contribution in [1.82, 2.24) is 0 Å². The molecule has 0 aromatic heterocycles. The summed E-state index contributed by atoms with van der Waals surface area (Å²) < 4.78 is 5.89. The fraction of sp³-hybridized carbons (Fsp3) is 0.793. The van der Waals surface area contributed by atoms with Gasteiger partial charge in [0.05, 0.1) is 6.61 Å². The first kappa shape index (κ1) is 23.7. The minimum atomic E-state index is 0.783. The fourth-order valence-corrected chi connectivity index (χ4v) is 6.11. The molecule has 2 saturated carbocycles. The van der Waals surface area contributed by atoms with E-state index < -0.39 is 0 Å². The van der Waals surface area contributed by atoms with E-state index in [9.17, 15) is 0 Å². The predicted molar refractivity (Wildman–Crippen MR) is 130 cm³/mol. The molecule has 0 radical (unpaired) electrons. The molecule has 3 rings (SSSR count). The molecule has 1 nitrogen and oxygen atoms in total. The molecule has 0 heterocycles. The second-order valence-corrected chi connectivity index (χ2v) is 10.4. The lowest BCUT2D eigenvalue weighted by molar-refractivity contribution is 0.155. The Morgan fingerprint density at radius 1 is 0.667 bits per heavy atom. The van der Waals surface area contributed by atoms with Gasteiger partial charge in [0.25, 0.3) is 0 Å². The van der Waals surface area contributed by atoms with Gasteiger partial charge >= 0.3 is 0 Å². The second kappa shape index (κ2) is 13.4. The third-order valence-electron chi connectivity index (χ3n) is 8.16. The van der Waals surface area contributed by atoms with E-state index >= 15 is 0 Å². The number of benzene rings is 1. The number of hydrogen-bond acceptors (Lipinski definition) is 1. The molecule has 0 N–H and O–H groups in total. The zero-order chi connectivity index (χ0) is 21.0. The van der Waals surface area contributed by atoms with Gasteiger partial charge in [-0.1, -0.05) is 83.8 Å².